The van der Waals surface area contributed by atoms with Gasteiger partial charge in [0.05, 0.1) is 0 Å². The average molecular weight is 312 g/mol. The summed E-state index contributed by atoms with van der Waals surface area (Å²) in [5.41, 5.74) is 1.34. The fourth-order valence-electron chi connectivity index (χ4n) is 1.09. The maximum Gasteiger partial charge on any atom is 0.328 e. The fraction of sp³-hybridized carbons (Fsp3) is 0.333. The molecular weight excluding hydrogens is 302 g/mol. The number of hydrogen-bond acceptors (Lipinski definition) is 4. The van der Waals surface area contributed by atoms with Crippen molar-refractivity contribution < 1.29 is 9.59 Å². The second-order valence-corrected chi connectivity index (χ2v) is 5.66. The van der Waals surface area contributed by atoms with Crippen molar-refractivity contribution in [2.75, 3.05) is 5.32 Å². The maximum atomic E-state index is 11.4. The van der Waals surface area contributed by atoms with Crippen LogP contribution in [-0.4, -0.2) is 25.7 Å². The van der Waals surface area contributed by atoms with E-state index in [0.29, 0.717) is 11.4 Å². The largest absolute Gasteiger partial charge is 0.328 e. The number of urea groups is 1. The van der Waals surface area contributed by atoms with Crippen molar-refractivity contribution >= 4 is 52.7 Å². The van der Waals surface area contributed by atoms with Crippen molar-refractivity contribution in [1.29, 1.82) is 0 Å². The molecule has 3 amide bonds. The zero-order valence-electron chi connectivity index (χ0n) is 9.42. The lowest BCUT2D eigenvalue weighted by atomic mass is 10.4. The second kappa shape index (κ2) is 5.69. The van der Waals surface area contributed by atoms with Crippen LogP contribution in [0.2, 0.25) is 0 Å². The molecule has 1 rings (SSSR count). The number of imide groups is 1. The summed E-state index contributed by atoms with van der Waals surface area (Å²) in [7, 11) is 0. The standard InChI is InChI=1S/C9H9Cl3N4O2/c1-4-3-5(2)14-7(13-4)16-8(18)15-6(17)9(10,11)12/h3H,1-2H3,(H2,13,14,15,16,17,18). The molecule has 0 fully saturated rings. The van der Waals surface area contributed by atoms with Gasteiger partial charge in [-0.3, -0.25) is 15.4 Å². The smallest absolute Gasteiger partial charge is 0.276 e. The lowest BCUT2D eigenvalue weighted by Crippen LogP contribution is -2.41. The molecule has 0 unspecified atom stereocenters. The summed E-state index contributed by atoms with van der Waals surface area (Å²) in [6, 6.07) is 0.853. The van der Waals surface area contributed by atoms with Crippen LogP contribution in [0.5, 0.6) is 0 Å². The van der Waals surface area contributed by atoms with E-state index in [9.17, 15) is 9.59 Å². The van der Waals surface area contributed by atoms with Gasteiger partial charge in [-0.25, -0.2) is 14.8 Å². The van der Waals surface area contributed by atoms with Crippen molar-refractivity contribution in [2.45, 2.75) is 17.6 Å². The fourth-order valence-corrected chi connectivity index (χ4v) is 1.23. The van der Waals surface area contributed by atoms with Crippen LogP contribution in [0, 0.1) is 13.8 Å². The quantitative estimate of drug-likeness (QED) is 0.778. The van der Waals surface area contributed by atoms with Crippen LogP contribution in [0.15, 0.2) is 6.07 Å². The summed E-state index contributed by atoms with van der Waals surface area (Å²) >= 11 is 15.9. The van der Waals surface area contributed by atoms with Crippen molar-refractivity contribution in [3.8, 4) is 0 Å². The summed E-state index contributed by atoms with van der Waals surface area (Å²) in [5, 5.41) is 4.10. The number of carbonyl (C=O) groups excluding carboxylic acids is 2. The minimum absolute atomic E-state index is 0.0575. The highest BCUT2D eigenvalue weighted by Crippen LogP contribution is 2.25. The molecule has 18 heavy (non-hydrogen) atoms. The van der Waals surface area contributed by atoms with E-state index in [1.165, 1.54) is 0 Å². The van der Waals surface area contributed by atoms with E-state index in [-0.39, 0.29) is 5.95 Å². The Balaban J connectivity index is 2.68. The minimum Gasteiger partial charge on any atom is -0.276 e. The third-order valence-electron chi connectivity index (χ3n) is 1.69. The molecule has 0 aromatic carbocycles. The number of rotatable bonds is 1. The predicted molar refractivity (Wildman–Crippen MR) is 69.0 cm³/mol. The number of anilines is 1. The van der Waals surface area contributed by atoms with Gasteiger partial charge < -0.3 is 0 Å². The van der Waals surface area contributed by atoms with Gasteiger partial charge in [-0.2, -0.15) is 0 Å². The Morgan fingerprint density at radius 2 is 1.67 bits per heavy atom. The Morgan fingerprint density at radius 3 is 2.11 bits per heavy atom. The van der Waals surface area contributed by atoms with Crippen LogP contribution in [0.3, 0.4) is 0 Å². The van der Waals surface area contributed by atoms with Crippen molar-refractivity contribution in [3.63, 3.8) is 0 Å². The predicted octanol–water partition coefficient (Wildman–Crippen LogP) is 2.11. The first-order valence-corrected chi connectivity index (χ1v) is 5.83. The van der Waals surface area contributed by atoms with Crippen LogP contribution < -0.4 is 10.6 Å². The number of aryl methyl sites for hydroxylation is 2. The molecule has 1 heterocycles. The minimum atomic E-state index is -2.21. The number of nitrogens with zero attached hydrogens (tertiary/aromatic N) is 2. The van der Waals surface area contributed by atoms with Crippen LogP contribution in [0.1, 0.15) is 11.4 Å². The van der Waals surface area contributed by atoms with Crippen molar-refractivity contribution in [1.82, 2.24) is 15.3 Å². The summed E-state index contributed by atoms with van der Waals surface area (Å²) in [6.07, 6.45) is 0. The zero-order valence-corrected chi connectivity index (χ0v) is 11.7. The molecule has 0 spiro atoms. The summed E-state index contributed by atoms with van der Waals surface area (Å²) in [4.78, 5) is 30.5. The number of halogens is 3. The normalized spacial score (nSPS) is 10.9. The molecular formula is C9H9Cl3N4O2. The van der Waals surface area contributed by atoms with Gasteiger partial charge in [0, 0.05) is 11.4 Å². The van der Waals surface area contributed by atoms with Crippen molar-refractivity contribution in [2.24, 2.45) is 0 Å². The van der Waals surface area contributed by atoms with Crippen LogP contribution in [0.4, 0.5) is 10.7 Å². The highest BCUT2D eigenvalue weighted by molar-refractivity contribution is 6.76. The van der Waals surface area contributed by atoms with Gasteiger partial charge in [0.15, 0.2) is 0 Å². The second-order valence-electron chi connectivity index (χ2n) is 3.38. The molecule has 0 radical (unpaired) electrons. The van der Waals surface area contributed by atoms with E-state index >= 15 is 0 Å². The Morgan fingerprint density at radius 1 is 1.17 bits per heavy atom. The van der Waals surface area contributed by atoms with Gasteiger partial charge in [0.25, 0.3) is 9.70 Å². The third kappa shape index (κ3) is 4.64. The highest BCUT2D eigenvalue weighted by atomic mass is 35.6. The van der Waals surface area contributed by atoms with E-state index in [0.717, 1.165) is 0 Å². The first-order valence-electron chi connectivity index (χ1n) is 4.70. The number of aromatic nitrogens is 2. The topological polar surface area (TPSA) is 84.0 Å². The van der Waals surface area contributed by atoms with Gasteiger partial charge in [-0.1, -0.05) is 34.8 Å². The van der Waals surface area contributed by atoms with Crippen LogP contribution >= 0.6 is 34.8 Å². The van der Waals surface area contributed by atoms with Gasteiger partial charge in [0.2, 0.25) is 5.95 Å². The summed E-state index contributed by atoms with van der Waals surface area (Å²) in [5.74, 6) is -1.00. The molecule has 0 atom stereocenters. The monoisotopic (exact) mass is 310 g/mol. The molecule has 0 aliphatic rings. The van der Waals surface area contributed by atoms with Crippen LogP contribution in [-0.2, 0) is 4.79 Å². The molecule has 9 heteroatoms. The summed E-state index contributed by atoms with van der Waals surface area (Å²) < 4.78 is -2.21. The van der Waals surface area contributed by atoms with E-state index in [1.807, 2.05) is 5.32 Å². The SMILES string of the molecule is Cc1cc(C)nc(NC(=O)NC(=O)C(Cl)(Cl)Cl)n1. The molecule has 2 N–H and O–H groups in total. The lowest BCUT2D eigenvalue weighted by Gasteiger charge is -2.10. The van der Waals surface area contributed by atoms with E-state index in [1.54, 1.807) is 19.9 Å². The Bertz CT molecular complexity index is 467. The first kappa shape index (κ1) is 14.9. The molecule has 0 saturated carbocycles. The molecule has 0 bridgehead atoms. The number of amides is 3. The van der Waals surface area contributed by atoms with E-state index in [4.69, 9.17) is 34.8 Å². The number of alkyl halides is 3. The maximum absolute atomic E-state index is 11.4. The number of carbonyl (C=O) groups is 2. The van der Waals surface area contributed by atoms with Gasteiger partial charge in [-0.05, 0) is 19.9 Å². The zero-order chi connectivity index (χ0) is 13.9. The molecule has 0 saturated heterocycles. The highest BCUT2D eigenvalue weighted by Gasteiger charge is 2.32. The van der Waals surface area contributed by atoms with Gasteiger partial charge in [-0.15, -0.1) is 0 Å². The molecule has 6 nitrogen and oxygen atoms in total. The van der Waals surface area contributed by atoms with E-state index < -0.39 is 15.7 Å². The average Bonchev–Trinajstić information content (AvgIpc) is 2.13. The lowest BCUT2D eigenvalue weighted by molar-refractivity contribution is -0.119. The molecule has 0 aliphatic carbocycles. The number of nitrogens with one attached hydrogen (secondary N) is 2. The van der Waals surface area contributed by atoms with Gasteiger partial charge >= 0.3 is 6.03 Å². The van der Waals surface area contributed by atoms with Gasteiger partial charge in [0.1, 0.15) is 0 Å². The molecule has 98 valence electrons. The molecule has 1 aromatic rings. The molecule has 0 aliphatic heterocycles. The Kier molecular flexibility index (Phi) is 4.72. The third-order valence-corrected chi connectivity index (χ3v) is 2.21. The van der Waals surface area contributed by atoms with Crippen LogP contribution in [0.25, 0.3) is 0 Å². The Hall–Kier alpha value is -1.11. The Labute approximate surface area is 118 Å². The summed E-state index contributed by atoms with van der Waals surface area (Å²) in [6.45, 7) is 3.48. The molecule has 1 aromatic heterocycles. The number of hydrogen-bond donors (Lipinski definition) is 2. The first-order chi connectivity index (χ1) is 8.18. The van der Waals surface area contributed by atoms with Crippen molar-refractivity contribution in [3.05, 3.63) is 17.5 Å². The van der Waals surface area contributed by atoms with E-state index in [2.05, 4.69) is 15.3 Å².